The summed E-state index contributed by atoms with van der Waals surface area (Å²) in [5.74, 6) is 1.49. The molecule has 3 rings (SSSR count). The molecule has 0 saturated heterocycles. The van der Waals surface area contributed by atoms with Crippen LogP contribution in [0.2, 0.25) is 0 Å². The third-order valence-corrected chi connectivity index (χ3v) is 3.75. The summed E-state index contributed by atoms with van der Waals surface area (Å²) in [5, 5.41) is 2.96. The Morgan fingerprint density at radius 3 is 2.70 bits per heavy atom. The summed E-state index contributed by atoms with van der Waals surface area (Å²) in [6, 6.07) is 13.8. The van der Waals surface area contributed by atoms with Gasteiger partial charge in [-0.3, -0.25) is 4.79 Å². The average molecular weight is 311 g/mol. The zero-order valence-corrected chi connectivity index (χ0v) is 13.3. The molecule has 0 aromatic heterocycles. The summed E-state index contributed by atoms with van der Waals surface area (Å²) in [6.45, 7) is 3.91. The maximum atomic E-state index is 12.1. The Morgan fingerprint density at radius 2 is 1.87 bits per heavy atom. The first-order valence-electron chi connectivity index (χ1n) is 7.91. The summed E-state index contributed by atoms with van der Waals surface area (Å²) >= 11 is 0. The summed E-state index contributed by atoms with van der Waals surface area (Å²) in [7, 11) is 0. The number of hydrogen-bond acceptors (Lipinski definition) is 3. The zero-order chi connectivity index (χ0) is 16.1. The van der Waals surface area contributed by atoms with Gasteiger partial charge in [-0.25, -0.2) is 0 Å². The van der Waals surface area contributed by atoms with Gasteiger partial charge in [0.05, 0.1) is 19.6 Å². The number of rotatable bonds is 4. The molecule has 1 N–H and O–H groups in total. The summed E-state index contributed by atoms with van der Waals surface area (Å²) in [4.78, 5) is 12.1. The van der Waals surface area contributed by atoms with E-state index in [0.717, 1.165) is 29.0 Å². The topological polar surface area (TPSA) is 47.6 Å². The van der Waals surface area contributed by atoms with E-state index in [1.54, 1.807) is 0 Å². The minimum atomic E-state index is 0.000923. The van der Waals surface area contributed by atoms with E-state index in [2.05, 4.69) is 11.4 Å². The second-order valence-electron chi connectivity index (χ2n) is 5.77. The molecule has 0 unspecified atom stereocenters. The smallest absolute Gasteiger partial charge is 0.224 e. The molecule has 0 aliphatic carbocycles. The molecule has 0 atom stereocenters. The Morgan fingerprint density at radius 1 is 1.04 bits per heavy atom. The fraction of sp³-hybridized carbons (Fsp3) is 0.316. The lowest BCUT2D eigenvalue weighted by Crippen LogP contribution is -2.24. The zero-order valence-electron chi connectivity index (χ0n) is 13.3. The molecule has 120 valence electrons. The molecule has 4 heteroatoms. The maximum Gasteiger partial charge on any atom is 0.224 e. The molecule has 1 heterocycles. The van der Waals surface area contributed by atoms with Crippen molar-refractivity contribution in [3.63, 3.8) is 0 Å². The van der Waals surface area contributed by atoms with Gasteiger partial charge in [-0.05, 0) is 30.2 Å². The highest BCUT2D eigenvalue weighted by Gasteiger charge is 2.12. The van der Waals surface area contributed by atoms with Crippen molar-refractivity contribution in [2.75, 3.05) is 13.2 Å². The van der Waals surface area contributed by atoms with Gasteiger partial charge in [0, 0.05) is 13.0 Å². The van der Waals surface area contributed by atoms with Gasteiger partial charge in [-0.2, -0.15) is 0 Å². The van der Waals surface area contributed by atoms with Crippen molar-refractivity contribution >= 4 is 5.91 Å². The minimum absolute atomic E-state index is 0.000923. The molecular formula is C19H21NO3. The van der Waals surface area contributed by atoms with Crippen molar-refractivity contribution in [1.82, 2.24) is 5.32 Å². The van der Waals surface area contributed by atoms with Crippen molar-refractivity contribution in [1.29, 1.82) is 0 Å². The van der Waals surface area contributed by atoms with Gasteiger partial charge in [0.2, 0.25) is 5.91 Å². The fourth-order valence-corrected chi connectivity index (χ4v) is 2.59. The van der Waals surface area contributed by atoms with Crippen molar-refractivity contribution in [2.24, 2.45) is 0 Å². The Hall–Kier alpha value is -2.49. The lowest BCUT2D eigenvalue weighted by atomic mass is 10.1. The van der Waals surface area contributed by atoms with Crippen LogP contribution in [0.5, 0.6) is 11.5 Å². The largest absolute Gasteiger partial charge is 0.490 e. The molecule has 4 nitrogen and oxygen atoms in total. The number of hydrogen-bond donors (Lipinski definition) is 1. The predicted octanol–water partition coefficient (Wildman–Crippen LogP) is 3.02. The first-order valence-corrected chi connectivity index (χ1v) is 7.91. The number of nitrogens with one attached hydrogen (secondary N) is 1. The average Bonchev–Trinajstić information content (AvgIpc) is 2.78. The first-order chi connectivity index (χ1) is 11.2. The standard InChI is InChI=1S/C19H21NO3/c1-14-4-2-5-16(10-14)13-20-19(21)12-15-6-7-17-18(11-15)23-9-3-8-22-17/h2,4-7,10-11H,3,8-9,12-13H2,1H3,(H,20,21). The van der Waals surface area contributed by atoms with Crippen LogP contribution in [0.1, 0.15) is 23.1 Å². The number of ether oxygens (including phenoxy) is 2. The Labute approximate surface area is 136 Å². The Bertz CT molecular complexity index is 697. The first kappa shape index (κ1) is 15.4. The van der Waals surface area contributed by atoms with Gasteiger partial charge in [0.25, 0.3) is 0 Å². The number of carbonyl (C=O) groups excluding carboxylic acids is 1. The second kappa shape index (κ2) is 7.18. The van der Waals surface area contributed by atoms with Gasteiger partial charge in [0.15, 0.2) is 11.5 Å². The molecule has 0 saturated carbocycles. The molecule has 0 bridgehead atoms. The van der Waals surface area contributed by atoms with Gasteiger partial charge in [-0.15, -0.1) is 0 Å². The highest BCUT2D eigenvalue weighted by atomic mass is 16.5. The number of carbonyl (C=O) groups is 1. The second-order valence-corrected chi connectivity index (χ2v) is 5.77. The Balaban J connectivity index is 1.58. The van der Waals surface area contributed by atoms with E-state index < -0.39 is 0 Å². The van der Waals surface area contributed by atoms with Crippen LogP contribution in [0.4, 0.5) is 0 Å². The molecule has 1 amide bonds. The lowest BCUT2D eigenvalue weighted by molar-refractivity contribution is -0.120. The van der Waals surface area contributed by atoms with Gasteiger partial charge in [0.1, 0.15) is 0 Å². The molecule has 23 heavy (non-hydrogen) atoms. The van der Waals surface area contributed by atoms with Crippen LogP contribution in [0.25, 0.3) is 0 Å². The van der Waals surface area contributed by atoms with Crippen LogP contribution in [0.15, 0.2) is 42.5 Å². The summed E-state index contributed by atoms with van der Waals surface area (Å²) in [5.41, 5.74) is 3.23. The fourth-order valence-electron chi connectivity index (χ4n) is 2.59. The monoisotopic (exact) mass is 311 g/mol. The minimum Gasteiger partial charge on any atom is -0.490 e. The van der Waals surface area contributed by atoms with Crippen molar-refractivity contribution in [3.8, 4) is 11.5 Å². The molecule has 0 fully saturated rings. The quantitative estimate of drug-likeness (QED) is 0.944. The molecule has 1 aliphatic heterocycles. The molecule has 0 spiro atoms. The van der Waals surface area contributed by atoms with E-state index in [0.29, 0.717) is 26.2 Å². The van der Waals surface area contributed by atoms with E-state index in [1.807, 2.05) is 43.3 Å². The van der Waals surface area contributed by atoms with Crippen LogP contribution < -0.4 is 14.8 Å². The number of fused-ring (bicyclic) bond motifs is 1. The van der Waals surface area contributed by atoms with E-state index in [4.69, 9.17) is 9.47 Å². The third-order valence-electron chi connectivity index (χ3n) is 3.75. The van der Waals surface area contributed by atoms with Gasteiger partial charge < -0.3 is 14.8 Å². The third kappa shape index (κ3) is 4.25. The van der Waals surface area contributed by atoms with E-state index in [-0.39, 0.29) is 5.91 Å². The summed E-state index contributed by atoms with van der Waals surface area (Å²) < 4.78 is 11.3. The predicted molar refractivity (Wildman–Crippen MR) is 88.8 cm³/mol. The molecule has 1 aliphatic rings. The van der Waals surface area contributed by atoms with E-state index in [9.17, 15) is 4.79 Å². The molecular weight excluding hydrogens is 290 g/mol. The molecule has 2 aromatic rings. The SMILES string of the molecule is Cc1cccc(CNC(=O)Cc2ccc3c(c2)OCCCO3)c1. The van der Waals surface area contributed by atoms with Crippen molar-refractivity contribution in [2.45, 2.75) is 26.3 Å². The van der Waals surface area contributed by atoms with Crippen LogP contribution in [0, 0.1) is 6.92 Å². The van der Waals surface area contributed by atoms with Gasteiger partial charge in [-0.1, -0.05) is 35.9 Å². The van der Waals surface area contributed by atoms with Crippen molar-refractivity contribution in [3.05, 3.63) is 59.2 Å². The highest BCUT2D eigenvalue weighted by molar-refractivity contribution is 5.78. The highest BCUT2D eigenvalue weighted by Crippen LogP contribution is 2.30. The van der Waals surface area contributed by atoms with E-state index >= 15 is 0 Å². The summed E-state index contributed by atoms with van der Waals surface area (Å²) in [6.07, 6.45) is 1.21. The van der Waals surface area contributed by atoms with E-state index in [1.165, 1.54) is 5.56 Å². The van der Waals surface area contributed by atoms with Gasteiger partial charge >= 0.3 is 0 Å². The van der Waals surface area contributed by atoms with Crippen LogP contribution in [-0.4, -0.2) is 19.1 Å². The number of benzene rings is 2. The van der Waals surface area contributed by atoms with Crippen molar-refractivity contribution < 1.29 is 14.3 Å². The Kier molecular flexibility index (Phi) is 4.81. The normalized spacial score (nSPS) is 13.3. The molecule has 2 aromatic carbocycles. The van der Waals surface area contributed by atoms with Crippen LogP contribution in [0.3, 0.4) is 0 Å². The molecule has 0 radical (unpaired) electrons. The lowest BCUT2D eigenvalue weighted by Gasteiger charge is -2.10. The number of aryl methyl sites for hydroxylation is 1. The van der Waals surface area contributed by atoms with Crippen LogP contribution in [-0.2, 0) is 17.8 Å². The van der Waals surface area contributed by atoms with Crippen LogP contribution >= 0.6 is 0 Å². The maximum absolute atomic E-state index is 12.1. The number of amides is 1.